The summed E-state index contributed by atoms with van der Waals surface area (Å²) in [4.78, 5) is 25.6. The number of anilines is 1. The molecule has 10 heteroatoms. The molecule has 37 heavy (non-hydrogen) atoms. The fraction of sp³-hybridized carbons (Fsp3) is 0.185. The van der Waals surface area contributed by atoms with Crippen LogP contribution in [0.2, 0.25) is 0 Å². The highest BCUT2D eigenvalue weighted by atomic mass is 32.2. The van der Waals surface area contributed by atoms with Crippen LogP contribution in [0.4, 0.5) is 9.39 Å². The van der Waals surface area contributed by atoms with Crippen molar-refractivity contribution in [2.45, 2.75) is 25.5 Å². The van der Waals surface area contributed by atoms with E-state index in [9.17, 15) is 14.0 Å². The summed E-state index contributed by atoms with van der Waals surface area (Å²) >= 11 is 2.48. The quantitative estimate of drug-likeness (QED) is 0.157. The van der Waals surface area contributed by atoms with Gasteiger partial charge in [-0.15, -0.1) is 28.1 Å². The van der Waals surface area contributed by atoms with Gasteiger partial charge in [0.2, 0.25) is 5.91 Å². The van der Waals surface area contributed by atoms with Gasteiger partial charge >= 0.3 is 5.97 Å². The Morgan fingerprint density at radius 2 is 1.92 bits per heavy atom. The first kappa shape index (κ1) is 26.3. The van der Waals surface area contributed by atoms with Crippen molar-refractivity contribution >= 4 is 40.0 Å². The zero-order valence-electron chi connectivity index (χ0n) is 20.6. The number of carbonyl (C=O) groups excluding carboxylic acids is 2. The third kappa shape index (κ3) is 5.81. The summed E-state index contributed by atoms with van der Waals surface area (Å²) < 4.78 is 20.2. The monoisotopic (exact) mass is 536 g/mol. The number of esters is 1. The number of benzene rings is 2. The first-order chi connectivity index (χ1) is 17.8. The second-order valence-electron chi connectivity index (χ2n) is 8.21. The molecule has 2 aromatic carbocycles. The van der Waals surface area contributed by atoms with Gasteiger partial charge in [-0.05, 0) is 49.2 Å². The molecule has 0 saturated carbocycles. The van der Waals surface area contributed by atoms with Crippen LogP contribution in [-0.2, 0) is 16.1 Å². The van der Waals surface area contributed by atoms with Crippen molar-refractivity contribution in [3.8, 4) is 22.5 Å². The molecule has 2 heterocycles. The molecule has 1 amide bonds. The summed E-state index contributed by atoms with van der Waals surface area (Å²) in [5, 5.41) is 14.1. The van der Waals surface area contributed by atoms with Crippen LogP contribution in [0.25, 0.3) is 22.5 Å². The number of allylic oxidation sites excluding steroid dienone is 1. The summed E-state index contributed by atoms with van der Waals surface area (Å²) in [5.41, 5.74) is 4.74. The number of aromatic nitrogens is 3. The van der Waals surface area contributed by atoms with Crippen LogP contribution in [0.1, 0.15) is 21.5 Å². The lowest BCUT2D eigenvalue weighted by molar-refractivity contribution is -0.113. The average molecular weight is 537 g/mol. The van der Waals surface area contributed by atoms with Crippen molar-refractivity contribution in [3.63, 3.8) is 0 Å². The number of carbonyl (C=O) groups is 2. The van der Waals surface area contributed by atoms with Gasteiger partial charge in [0.25, 0.3) is 0 Å². The van der Waals surface area contributed by atoms with E-state index >= 15 is 0 Å². The number of nitrogens with zero attached hydrogens (tertiary/aromatic N) is 3. The summed E-state index contributed by atoms with van der Waals surface area (Å²) in [6.07, 6.45) is 1.70. The number of aryl methyl sites for hydroxylation is 2. The Balaban J connectivity index is 1.54. The van der Waals surface area contributed by atoms with Crippen molar-refractivity contribution in [3.05, 3.63) is 83.0 Å². The van der Waals surface area contributed by atoms with E-state index in [1.165, 1.54) is 42.3 Å². The highest BCUT2D eigenvalue weighted by Crippen LogP contribution is 2.38. The van der Waals surface area contributed by atoms with Crippen LogP contribution >= 0.6 is 23.1 Å². The molecule has 0 saturated heterocycles. The predicted molar refractivity (Wildman–Crippen MR) is 146 cm³/mol. The van der Waals surface area contributed by atoms with E-state index in [-0.39, 0.29) is 17.5 Å². The molecule has 190 valence electrons. The number of nitrogens with one attached hydrogen (secondary N) is 1. The maximum atomic E-state index is 13.3. The van der Waals surface area contributed by atoms with E-state index in [0.717, 1.165) is 22.3 Å². The summed E-state index contributed by atoms with van der Waals surface area (Å²) in [6, 6.07) is 12.0. The number of methoxy groups -OCH3 is 1. The first-order valence-corrected chi connectivity index (χ1v) is 13.2. The largest absolute Gasteiger partial charge is 0.465 e. The fourth-order valence-corrected chi connectivity index (χ4v) is 5.49. The molecule has 7 nitrogen and oxygen atoms in total. The number of amides is 1. The summed E-state index contributed by atoms with van der Waals surface area (Å²) in [7, 11) is 1.32. The van der Waals surface area contributed by atoms with E-state index in [2.05, 4.69) is 22.1 Å². The van der Waals surface area contributed by atoms with Crippen molar-refractivity contribution in [2.75, 3.05) is 18.2 Å². The van der Waals surface area contributed by atoms with Crippen molar-refractivity contribution in [2.24, 2.45) is 0 Å². The van der Waals surface area contributed by atoms with Gasteiger partial charge in [0.1, 0.15) is 16.4 Å². The Kier molecular flexibility index (Phi) is 8.20. The molecule has 0 bridgehead atoms. The molecule has 0 atom stereocenters. The molecule has 2 aromatic heterocycles. The minimum atomic E-state index is -0.519. The number of thioether (sulfide) groups is 1. The molecule has 0 spiro atoms. The molecule has 0 radical (unpaired) electrons. The zero-order valence-corrected chi connectivity index (χ0v) is 22.2. The molecule has 0 fully saturated rings. The molecular weight excluding hydrogens is 511 g/mol. The topological polar surface area (TPSA) is 86.1 Å². The lowest BCUT2D eigenvalue weighted by Gasteiger charge is -2.10. The van der Waals surface area contributed by atoms with Gasteiger partial charge in [-0.2, -0.15) is 0 Å². The van der Waals surface area contributed by atoms with E-state index in [1.54, 1.807) is 18.2 Å². The maximum absolute atomic E-state index is 13.3. The second kappa shape index (κ2) is 11.5. The maximum Gasteiger partial charge on any atom is 0.341 e. The van der Waals surface area contributed by atoms with Gasteiger partial charge in [-0.3, -0.25) is 9.36 Å². The molecule has 0 aliphatic heterocycles. The third-order valence-electron chi connectivity index (χ3n) is 5.58. The number of hydrogen-bond acceptors (Lipinski definition) is 7. The van der Waals surface area contributed by atoms with Crippen molar-refractivity contribution in [1.82, 2.24) is 14.8 Å². The average Bonchev–Trinajstić information content (AvgIpc) is 3.48. The summed E-state index contributed by atoms with van der Waals surface area (Å²) in [5.74, 6) is -0.580. The Labute approximate surface area is 222 Å². The van der Waals surface area contributed by atoms with Gasteiger partial charge in [-0.25, -0.2) is 9.18 Å². The smallest absolute Gasteiger partial charge is 0.341 e. The summed E-state index contributed by atoms with van der Waals surface area (Å²) in [6.45, 7) is 8.16. The zero-order chi connectivity index (χ0) is 26.5. The molecule has 4 aromatic rings. The van der Waals surface area contributed by atoms with Crippen molar-refractivity contribution < 1.29 is 18.7 Å². The van der Waals surface area contributed by atoms with E-state index < -0.39 is 5.97 Å². The predicted octanol–water partition coefficient (Wildman–Crippen LogP) is 6.13. The SMILES string of the molecule is C=CCn1c(SCC(=O)Nc2scc(-c3cc(C)ccc3C)c2C(=O)OC)nnc1-c1ccc(F)cc1. The Morgan fingerprint density at radius 1 is 1.16 bits per heavy atom. The lowest BCUT2D eigenvalue weighted by atomic mass is 9.97. The van der Waals surface area contributed by atoms with E-state index in [4.69, 9.17) is 4.74 Å². The molecule has 0 unspecified atom stereocenters. The molecular formula is C27H25FN4O3S2. The molecule has 0 aliphatic rings. The fourth-order valence-electron chi connectivity index (χ4n) is 3.77. The van der Waals surface area contributed by atoms with Gasteiger partial charge in [0, 0.05) is 23.1 Å². The van der Waals surface area contributed by atoms with Gasteiger partial charge in [-0.1, -0.05) is 41.6 Å². The normalized spacial score (nSPS) is 10.8. The van der Waals surface area contributed by atoms with Gasteiger partial charge in [0.15, 0.2) is 11.0 Å². The van der Waals surface area contributed by atoms with Crippen LogP contribution in [-0.4, -0.2) is 39.5 Å². The molecule has 1 N–H and O–H groups in total. The Hall–Kier alpha value is -3.76. The number of rotatable bonds is 9. The van der Waals surface area contributed by atoms with Crippen LogP contribution in [0.5, 0.6) is 0 Å². The van der Waals surface area contributed by atoms with Gasteiger partial charge in [0.05, 0.1) is 12.9 Å². The van der Waals surface area contributed by atoms with Crippen LogP contribution in [0, 0.1) is 19.7 Å². The van der Waals surface area contributed by atoms with Crippen LogP contribution in [0.15, 0.2) is 65.7 Å². The number of thiophene rings is 1. The van der Waals surface area contributed by atoms with E-state index in [0.29, 0.717) is 33.7 Å². The second-order valence-corrected chi connectivity index (χ2v) is 10.0. The van der Waals surface area contributed by atoms with Crippen LogP contribution in [0.3, 0.4) is 0 Å². The first-order valence-electron chi connectivity index (χ1n) is 11.3. The van der Waals surface area contributed by atoms with Crippen molar-refractivity contribution in [1.29, 1.82) is 0 Å². The minimum Gasteiger partial charge on any atom is -0.465 e. The highest BCUT2D eigenvalue weighted by Gasteiger charge is 2.24. The molecule has 0 aliphatic carbocycles. The number of hydrogen-bond donors (Lipinski definition) is 1. The highest BCUT2D eigenvalue weighted by molar-refractivity contribution is 7.99. The van der Waals surface area contributed by atoms with Gasteiger partial charge < -0.3 is 10.1 Å². The number of halogens is 1. The van der Waals surface area contributed by atoms with Crippen LogP contribution < -0.4 is 5.32 Å². The Morgan fingerprint density at radius 3 is 2.62 bits per heavy atom. The molecule has 4 rings (SSSR count). The third-order valence-corrected chi connectivity index (χ3v) is 7.44. The standard InChI is InChI=1S/C27H25FN4O3S2/c1-5-12-32-24(18-8-10-19(28)11-9-18)30-31-27(32)37-15-22(33)29-25-23(26(34)35-4)21(14-36-25)20-13-16(2)6-7-17(20)3/h5-11,13-14H,1,12,15H2,2-4H3,(H,29,33). The number of ether oxygens (including phenoxy) is 1. The Bertz CT molecular complexity index is 1460. The van der Waals surface area contributed by atoms with E-state index in [1.807, 2.05) is 42.0 Å². The lowest BCUT2D eigenvalue weighted by Crippen LogP contribution is -2.16. The minimum absolute atomic E-state index is 0.0377.